The van der Waals surface area contributed by atoms with Gasteiger partial charge in [0, 0.05) is 11.6 Å². The van der Waals surface area contributed by atoms with Crippen LogP contribution < -0.4 is 4.74 Å². The molecule has 4 rings (SSSR count). The van der Waals surface area contributed by atoms with Crippen LogP contribution in [-0.2, 0) is 5.41 Å². The lowest BCUT2D eigenvalue weighted by molar-refractivity contribution is 0.416. The van der Waals surface area contributed by atoms with Crippen LogP contribution in [0.5, 0.6) is 5.75 Å². The molecule has 4 aromatic rings. The highest BCUT2D eigenvalue weighted by Gasteiger charge is 2.26. The minimum atomic E-state index is -0.258. The Hall–Kier alpha value is -3.67. The molecule has 0 radical (unpaired) electrons. The van der Waals surface area contributed by atoms with Gasteiger partial charge in [0.05, 0.1) is 18.4 Å². The van der Waals surface area contributed by atoms with Gasteiger partial charge in [-0.2, -0.15) is 0 Å². The molecule has 2 heterocycles. The van der Waals surface area contributed by atoms with E-state index in [9.17, 15) is 0 Å². The van der Waals surface area contributed by atoms with Crippen molar-refractivity contribution in [1.82, 2.24) is 25.1 Å². The molecule has 0 bridgehead atoms. The lowest BCUT2D eigenvalue weighted by atomic mass is 9.84. The molecular weight excluding hydrogens is 374 g/mol. The fourth-order valence-electron chi connectivity index (χ4n) is 3.36. The third-order valence-electron chi connectivity index (χ3n) is 5.21. The molecule has 6 nitrogen and oxygen atoms in total. The monoisotopic (exact) mass is 399 g/mol. The molecular formula is C24H25N5O. The number of hydrogen-bond donors (Lipinski definition) is 2. The summed E-state index contributed by atoms with van der Waals surface area (Å²) in [4.78, 5) is 11.0. The van der Waals surface area contributed by atoms with Crippen molar-refractivity contribution in [2.75, 3.05) is 7.11 Å². The topological polar surface area (TPSA) is 79.5 Å². The van der Waals surface area contributed by atoms with Crippen LogP contribution in [0.1, 0.15) is 42.3 Å². The van der Waals surface area contributed by atoms with Gasteiger partial charge in [-0.15, -0.1) is 10.2 Å². The first kappa shape index (κ1) is 19.6. The summed E-state index contributed by atoms with van der Waals surface area (Å²) in [5.74, 6) is 3.09. The molecule has 0 fully saturated rings. The molecule has 0 atom stereocenters. The third-order valence-corrected chi connectivity index (χ3v) is 5.21. The molecule has 2 N–H and O–H groups in total. The highest BCUT2D eigenvalue weighted by Crippen LogP contribution is 2.30. The summed E-state index contributed by atoms with van der Waals surface area (Å²) in [7, 11) is 1.66. The summed E-state index contributed by atoms with van der Waals surface area (Å²) in [5.41, 5.74) is 3.79. The van der Waals surface area contributed by atoms with Crippen molar-refractivity contribution >= 4 is 12.2 Å². The number of methoxy groups -OCH3 is 1. The van der Waals surface area contributed by atoms with Gasteiger partial charge >= 0.3 is 0 Å². The Labute approximate surface area is 176 Å². The predicted octanol–water partition coefficient (Wildman–Crippen LogP) is 5.01. The number of imidazole rings is 1. The first-order valence-corrected chi connectivity index (χ1v) is 9.84. The number of rotatable bonds is 6. The average molecular weight is 399 g/mol. The first-order chi connectivity index (χ1) is 14.5. The lowest BCUT2D eigenvalue weighted by Crippen LogP contribution is -2.20. The molecule has 2 aromatic heterocycles. The Balaban J connectivity index is 1.56. The Bertz CT molecular complexity index is 1170. The molecule has 0 saturated heterocycles. The zero-order valence-electron chi connectivity index (χ0n) is 17.6. The van der Waals surface area contributed by atoms with Gasteiger partial charge in [0.15, 0.2) is 5.82 Å². The maximum absolute atomic E-state index is 5.57. The van der Waals surface area contributed by atoms with Gasteiger partial charge in [0.25, 0.3) is 0 Å². The Morgan fingerprint density at radius 1 is 1.00 bits per heavy atom. The van der Waals surface area contributed by atoms with Crippen LogP contribution in [0.2, 0.25) is 0 Å². The SMILES string of the molecule is COc1cc(/C=C/c2nnc(C(C)(C)c3ccccc3)[nH]2)ccc1-c1nc(C)c[nH]1. The van der Waals surface area contributed by atoms with Crippen LogP contribution in [-0.4, -0.2) is 32.3 Å². The second-order valence-electron chi connectivity index (χ2n) is 7.73. The number of aromatic nitrogens is 5. The molecule has 6 heteroatoms. The van der Waals surface area contributed by atoms with Crippen molar-refractivity contribution in [1.29, 1.82) is 0 Å². The van der Waals surface area contributed by atoms with E-state index in [0.29, 0.717) is 5.82 Å². The highest BCUT2D eigenvalue weighted by atomic mass is 16.5. The minimum Gasteiger partial charge on any atom is -0.496 e. The Kier molecular flexibility index (Phi) is 5.23. The normalized spacial score (nSPS) is 11.9. The summed E-state index contributed by atoms with van der Waals surface area (Å²) in [6.45, 7) is 6.22. The van der Waals surface area contributed by atoms with E-state index in [1.54, 1.807) is 7.11 Å². The number of hydrogen-bond acceptors (Lipinski definition) is 4. The smallest absolute Gasteiger partial charge is 0.154 e. The molecule has 0 spiro atoms. The van der Waals surface area contributed by atoms with Crippen molar-refractivity contribution in [2.24, 2.45) is 0 Å². The number of ether oxygens (including phenoxy) is 1. The maximum Gasteiger partial charge on any atom is 0.154 e. The standard InChI is InChI=1S/C24H25N5O/c1-16-15-25-22(26-16)19-12-10-17(14-20(19)30-4)11-13-21-27-23(29-28-21)24(2,3)18-8-6-5-7-9-18/h5-15H,1-4H3,(H,25,26)(H,27,28,29)/b13-11+. The third kappa shape index (κ3) is 3.89. The van der Waals surface area contributed by atoms with Crippen LogP contribution in [0.3, 0.4) is 0 Å². The number of H-pyrrole nitrogens is 2. The van der Waals surface area contributed by atoms with E-state index in [1.165, 1.54) is 5.56 Å². The highest BCUT2D eigenvalue weighted by molar-refractivity contribution is 5.72. The summed E-state index contributed by atoms with van der Waals surface area (Å²) in [6, 6.07) is 16.3. The summed E-state index contributed by atoms with van der Waals surface area (Å²) >= 11 is 0. The first-order valence-electron chi connectivity index (χ1n) is 9.84. The van der Waals surface area contributed by atoms with E-state index in [0.717, 1.165) is 34.2 Å². The summed E-state index contributed by atoms with van der Waals surface area (Å²) in [5, 5.41) is 8.67. The molecule has 0 aliphatic heterocycles. The molecule has 0 aliphatic rings. The number of aromatic amines is 2. The molecule has 0 saturated carbocycles. The largest absolute Gasteiger partial charge is 0.496 e. The van der Waals surface area contributed by atoms with Gasteiger partial charge in [-0.05, 0) is 50.1 Å². The summed E-state index contributed by atoms with van der Waals surface area (Å²) < 4.78 is 5.57. The molecule has 0 unspecified atom stereocenters. The fraction of sp³-hybridized carbons (Fsp3) is 0.208. The Morgan fingerprint density at radius 3 is 2.50 bits per heavy atom. The quantitative estimate of drug-likeness (QED) is 0.478. The van der Waals surface area contributed by atoms with Crippen LogP contribution in [0.4, 0.5) is 0 Å². The zero-order chi connectivity index (χ0) is 21.1. The van der Waals surface area contributed by atoms with E-state index in [2.05, 4.69) is 51.1 Å². The second kappa shape index (κ2) is 7.99. The second-order valence-corrected chi connectivity index (χ2v) is 7.73. The van der Waals surface area contributed by atoms with Crippen LogP contribution in [0.15, 0.2) is 54.7 Å². The van der Waals surface area contributed by atoms with Gasteiger partial charge < -0.3 is 14.7 Å². The van der Waals surface area contributed by atoms with Crippen molar-refractivity contribution in [2.45, 2.75) is 26.2 Å². The van der Waals surface area contributed by atoms with Gasteiger partial charge in [-0.25, -0.2) is 4.98 Å². The van der Waals surface area contributed by atoms with Crippen molar-refractivity contribution < 1.29 is 4.74 Å². The van der Waals surface area contributed by atoms with Gasteiger partial charge in [0.1, 0.15) is 17.4 Å². The predicted molar refractivity (Wildman–Crippen MR) is 119 cm³/mol. The van der Waals surface area contributed by atoms with Gasteiger partial charge in [-0.1, -0.05) is 42.5 Å². The van der Waals surface area contributed by atoms with E-state index in [-0.39, 0.29) is 5.41 Å². The van der Waals surface area contributed by atoms with E-state index in [1.807, 2.05) is 61.7 Å². The van der Waals surface area contributed by atoms with Crippen LogP contribution >= 0.6 is 0 Å². The Morgan fingerprint density at radius 2 is 1.80 bits per heavy atom. The molecule has 0 amide bonds. The molecule has 152 valence electrons. The van der Waals surface area contributed by atoms with E-state index < -0.39 is 0 Å². The minimum absolute atomic E-state index is 0.258. The average Bonchev–Trinajstić information content (AvgIpc) is 3.42. The van der Waals surface area contributed by atoms with Crippen molar-refractivity contribution in [3.63, 3.8) is 0 Å². The zero-order valence-corrected chi connectivity index (χ0v) is 17.6. The molecule has 30 heavy (non-hydrogen) atoms. The van der Waals surface area contributed by atoms with Crippen molar-refractivity contribution in [3.8, 4) is 17.1 Å². The number of nitrogens with one attached hydrogen (secondary N) is 2. The van der Waals surface area contributed by atoms with E-state index in [4.69, 9.17) is 4.74 Å². The summed E-state index contributed by atoms with van der Waals surface area (Å²) in [6.07, 6.45) is 5.78. The van der Waals surface area contributed by atoms with Gasteiger partial charge in [-0.3, -0.25) is 0 Å². The maximum atomic E-state index is 5.57. The van der Waals surface area contributed by atoms with Crippen LogP contribution in [0, 0.1) is 6.92 Å². The number of aryl methyl sites for hydroxylation is 1. The number of nitrogens with zero attached hydrogens (tertiary/aromatic N) is 3. The molecule has 0 aliphatic carbocycles. The van der Waals surface area contributed by atoms with E-state index >= 15 is 0 Å². The number of benzene rings is 2. The van der Waals surface area contributed by atoms with Crippen molar-refractivity contribution in [3.05, 3.63) is 83.2 Å². The molecule has 2 aromatic carbocycles. The fourth-order valence-corrected chi connectivity index (χ4v) is 3.36. The van der Waals surface area contributed by atoms with Gasteiger partial charge in [0.2, 0.25) is 0 Å². The lowest BCUT2D eigenvalue weighted by Gasteiger charge is -2.21. The van der Waals surface area contributed by atoms with Crippen LogP contribution in [0.25, 0.3) is 23.5 Å².